The highest BCUT2D eigenvalue weighted by Crippen LogP contribution is 2.32. The molecule has 0 bridgehead atoms. The van der Waals surface area contributed by atoms with Crippen LogP contribution in [0.5, 0.6) is 0 Å². The van der Waals surface area contributed by atoms with Crippen molar-refractivity contribution in [3.8, 4) is 0 Å². The first-order valence-corrected chi connectivity index (χ1v) is 8.10. The van der Waals surface area contributed by atoms with E-state index in [2.05, 4.69) is 0 Å². The van der Waals surface area contributed by atoms with Crippen LogP contribution in [0.1, 0.15) is 31.2 Å². The number of thiophene rings is 1. The Morgan fingerprint density at radius 1 is 1.53 bits per heavy atom. The Morgan fingerprint density at radius 2 is 2.32 bits per heavy atom. The lowest BCUT2D eigenvalue weighted by molar-refractivity contribution is -0.132. The van der Waals surface area contributed by atoms with E-state index in [9.17, 15) is 4.79 Å². The number of likely N-dealkylation sites (tertiary alicyclic amines) is 1. The number of hydrogen-bond donors (Lipinski definition) is 1. The quantitative estimate of drug-likeness (QED) is 0.924. The third-order valence-electron chi connectivity index (χ3n) is 3.37. The summed E-state index contributed by atoms with van der Waals surface area (Å²) in [7, 11) is 0. The maximum Gasteiger partial charge on any atom is 0.222 e. The van der Waals surface area contributed by atoms with E-state index in [1.54, 1.807) is 0 Å². The number of halogens is 2. The highest BCUT2D eigenvalue weighted by atomic mass is 35.5. The molecule has 1 aliphatic heterocycles. The van der Waals surface area contributed by atoms with Crippen molar-refractivity contribution >= 4 is 40.4 Å². The zero-order valence-corrected chi connectivity index (χ0v) is 13.0. The molecule has 2 rings (SSSR count). The third-order valence-corrected chi connectivity index (χ3v) is 4.94. The standard InChI is InChI=1S/C13H18Cl2N2OS/c14-11-7-9(13(15)19-11)3-1-5-12(18)17-6-2-4-10(16)8-17/h7,10H,1-6,8,16H2/t10-/m0/s1. The van der Waals surface area contributed by atoms with Crippen molar-refractivity contribution in [2.75, 3.05) is 13.1 Å². The molecule has 106 valence electrons. The summed E-state index contributed by atoms with van der Waals surface area (Å²) >= 11 is 13.3. The van der Waals surface area contributed by atoms with Gasteiger partial charge >= 0.3 is 0 Å². The predicted molar refractivity (Wildman–Crippen MR) is 81.1 cm³/mol. The fourth-order valence-electron chi connectivity index (χ4n) is 2.37. The van der Waals surface area contributed by atoms with E-state index in [0.717, 1.165) is 42.1 Å². The molecular formula is C13H18Cl2N2OS. The maximum atomic E-state index is 12.0. The molecule has 0 aromatic carbocycles. The summed E-state index contributed by atoms with van der Waals surface area (Å²) in [6.45, 7) is 1.54. The molecule has 0 spiro atoms. The Balaban J connectivity index is 1.76. The Bertz CT molecular complexity index is 450. The monoisotopic (exact) mass is 320 g/mol. The van der Waals surface area contributed by atoms with Gasteiger partial charge in [0.15, 0.2) is 0 Å². The number of aryl methyl sites for hydroxylation is 1. The van der Waals surface area contributed by atoms with Crippen LogP contribution in [-0.2, 0) is 11.2 Å². The molecule has 2 N–H and O–H groups in total. The number of piperidine rings is 1. The zero-order chi connectivity index (χ0) is 13.8. The van der Waals surface area contributed by atoms with Gasteiger partial charge in [-0.3, -0.25) is 4.79 Å². The largest absolute Gasteiger partial charge is 0.341 e. The van der Waals surface area contributed by atoms with Gasteiger partial charge in [-0.15, -0.1) is 11.3 Å². The van der Waals surface area contributed by atoms with Crippen molar-refractivity contribution in [1.82, 2.24) is 4.90 Å². The predicted octanol–water partition coefficient (Wildman–Crippen LogP) is 3.33. The van der Waals surface area contributed by atoms with Crippen LogP contribution in [0.3, 0.4) is 0 Å². The lowest BCUT2D eigenvalue weighted by Gasteiger charge is -2.30. The van der Waals surface area contributed by atoms with E-state index in [4.69, 9.17) is 28.9 Å². The zero-order valence-electron chi connectivity index (χ0n) is 10.7. The second kappa shape index (κ2) is 6.93. The van der Waals surface area contributed by atoms with Crippen LogP contribution in [0.4, 0.5) is 0 Å². The third kappa shape index (κ3) is 4.35. The van der Waals surface area contributed by atoms with Gasteiger partial charge in [0, 0.05) is 25.6 Å². The van der Waals surface area contributed by atoms with Crippen LogP contribution in [0, 0.1) is 0 Å². The van der Waals surface area contributed by atoms with Gasteiger partial charge in [0.1, 0.15) is 0 Å². The molecule has 1 amide bonds. The number of nitrogens with two attached hydrogens (primary N) is 1. The van der Waals surface area contributed by atoms with Crippen molar-refractivity contribution < 1.29 is 4.79 Å². The highest BCUT2D eigenvalue weighted by Gasteiger charge is 2.20. The molecule has 1 atom stereocenters. The maximum absolute atomic E-state index is 12.0. The van der Waals surface area contributed by atoms with Crippen LogP contribution in [-0.4, -0.2) is 29.9 Å². The van der Waals surface area contributed by atoms with Crippen molar-refractivity contribution in [3.05, 3.63) is 20.3 Å². The Kier molecular flexibility index (Phi) is 5.51. The fourth-order valence-corrected chi connectivity index (χ4v) is 3.91. The molecule has 2 heterocycles. The molecule has 1 saturated heterocycles. The van der Waals surface area contributed by atoms with Crippen molar-refractivity contribution in [2.45, 2.75) is 38.1 Å². The average molecular weight is 321 g/mol. The second-order valence-corrected chi connectivity index (χ2v) is 7.23. The molecular weight excluding hydrogens is 303 g/mol. The van der Waals surface area contributed by atoms with Crippen LogP contribution in [0.25, 0.3) is 0 Å². The van der Waals surface area contributed by atoms with E-state index in [-0.39, 0.29) is 11.9 Å². The highest BCUT2D eigenvalue weighted by molar-refractivity contribution is 7.20. The molecule has 1 aliphatic rings. The van der Waals surface area contributed by atoms with E-state index in [1.165, 1.54) is 11.3 Å². The molecule has 3 nitrogen and oxygen atoms in total. The van der Waals surface area contributed by atoms with Gasteiger partial charge in [-0.1, -0.05) is 23.2 Å². The summed E-state index contributed by atoms with van der Waals surface area (Å²) in [5, 5.41) is 0. The normalized spacial score (nSPS) is 19.7. The van der Waals surface area contributed by atoms with E-state index in [1.807, 2.05) is 11.0 Å². The first-order chi connectivity index (χ1) is 9.06. The minimum absolute atomic E-state index is 0.142. The van der Waals surface area contributed by atoms with Gasteiger partial charge in [-0.25, -0.2) is 0 Å². The van der Waals surface area contributed by atoms with Crippen molar-refractivity contribution in [3.63, 3.8) is 0 Å². The van der Waals surface area contributed by atoms with Crippen molar-refractivity contribution in [1.29, 1.82) is 0 Å². The van der Waals surface area contributed by atoms with Gasteiger partial charge in [-0.2, -0.15) is 0 Å². The first-order valence-electron chi connectivity index (χ1n) is 6.53. The summed E-state index contributed by atoms with van der Waals surface area (Å²) in [5.74, 6) is 0.201. The fraction of sp³-hybridized carbons (Fsp3) is 0.615. The number of hydrogen-bond acceptors (Lipinski definition) is 3. The number of amides is 1. The van der Waals surface area contributed by atoms with E-state index < -0.39 is 0 Å². The molecule has 1 aromatic rings. The van der Waals surface area contributed by atoms with Gasteiger partial charge in [0.25, 0.3) is 0 Å². The number of nitrogens with zero attached hydrogens (tertiary/aromatic N) is 1. The van der Waals surface area contributed by atoms with E-state index in [0.29, 0.717) is 17.3 Å². The van der Waals surface area contributed by atoms with Gasteiger partial charge in [0.2, 0.25) is 5.91 Å². The smallest absolute Gasteiger partial charge is 0.222 e. The summed E-state index contributed by atoms with van der Waals surface area (Å²) < 4.78 is 1.44. The molecule has 0 aliphatic carbocycles. The van der Waals surface area contributed by atoms with Crippen LogP contribution >= 0.6 is 34.5 Å². The first kappa shape index (κ1) is 15.1. The number of carbonyl (C=O) groups is 1. The van der Waals surface area contributed by atoms with Gasteiger partial charge < -0.3 is 10.6 Å². The molecule has 0 unspecified atom stereocenters. The topological polar surface area (TPSA) is 46.3 Å². The summed E-state index contributed by atoms with van der Waals surface area (Å²) in [4.78, 5) is 13.9. The molecule has 6 heteroatoms. The van der Waals surface area contributed by atoms with Crippen LogP contribution < -0.4 is 5.73 Å². The average Bonchev–Trinajstić information content (AvgIpc) is 2.68. The molecule has 19 heavy (non-hydrogen) atoms. The van der Waals surface area contributed by atoms with Gasteiger partial charge in [-0.05, 0) is 37.3 Å². The molecule has 0 radical (unpaired) electrons. The lowest BCUT2D eigenvalue weighted by atomic mass is 10.1. The number of rotatable bonds is 4. The molecule has 0 saturated carbocycles. The lowest BCUT2D eigenvalue weighted by Crippen LogP contribution is -2.45. The summed E-state index contributed by atoms with van der Waals surface area (Å²) in [6, 6.07) is 2.03. The SMILES string of the molecule is N[C@H]1CCCN(C(=O)CCCc2cc(Cl)sc2Cl)C1. The van der Waals surface area contributed by atoms with Crippen LogP contribution in [0.2, 0.25) is 8.67 Å². The number of carbonyl (C=O) groups excluding carboxylic acids is 1. The second-order valence-electron chi connectivity index (χ2n) is 4.95. The van der Waals surface area contributed by atoms with Crippen LogP contribution in [0.15, 0.2) is 6.07 Å². The van der Waals surface area contributed by atoms with E-state index >= 15 is 0 Å². The van der Waals surface area contributed by atoms with Crippen molar-refractivity contribution in [2.24, 2.45) is 5.73 Å². The minimum atomic E-state index is 0.142. The molecule has 1 fully saturated rings. The Morgan fingerprint density at radius 3 is 2.95 bits per heavy atom. The summed E-state index contributed by atoms with van der Waals surface area (Å²) in [5.41, 5.74) is 6.92. The minimum Gasteiger partial charge on any atom is -0.341 e. The molecule has 1 aromatic heterocycles. The Labute approximate surface area is 127 Å². The van der Waals surface area contributed by atoms with Gasteiger partial charge in [0.05, 0.1) is 8.67 Å². The Hall–Kier alpha value is -0.290. The summed E-state index contributed by atoms with van der Waals surface area (Å²) in [6.07, 6.45) is 4.19.